The summed E-state index contributed by atoms with van der Waals surface area (Å²) in [6.07, 6.45) is 3.69. The van der Waals surface area contributed by atoms with Crippen LogP contribution in [0.2, 0.25) is 5.02 Å². The Bertz CT molecular complexity index is 446. The van der Waals surface area contributed by atoms with Gasteiger partial charge in [0.15, 0.2) is 0 Å². The van der Waals surface area contributed by atoms with Gasteiger partial charge in [0.2, 0.25) is 5.91 Å². The van der Waals surface area contributed by atoms with Gasteiger partial charge >= 0.3 is 0 Å². The summed E-state index contributed by atoms with van der Waals surface area (Å²) in [6.45, 7) is 2.62. The second kappa shape index (κ2) is 5.93. The van der Waals surface area contributed by atoms with E-state index >= 15 is 0 Å². The highest BCUT2D eigenvalue weighted by Gasteiger charge is 2.42. The van der Waals surface area contributed by atoms with E-state index in [9.17, 15) is 4.79 Å². The molecular weight excluding hydrogens is 260 g/mol. The lowest BCUT2D eigenvalue weighted by atomic mass is 9.84. The highest BCUT2D eigenvalue weighted by Crippen LogP contribution is 2.36. The van der Waals surface area contributed by atoms with Gasteiger partial charge in [-0.3, -0.25) is 4.79 Å². The van der Waals surface area contributed by atoms with Crippen LogP contribution in [0.5, 0.6) is 0 Å². The molecule has 0 aromatic heterocycles. The van der Waals surface area contributed by atoms with E-state index in [-0.39, 0.29) is 17.4 Å². The zero-order valence-corrected chi connectivity index (χ0v) is 12.0. The highest BCUT2D eigenvalue weighted by atomic mass is 35.5. The van der Waals surface area contributed by atoms with E-state index in [1.54, 1.807) is 0 Å². The molecule has 1 aromatic rings. The lowest BCUT2D eigenvalue weighted by molar-refractivity contribution is -0.130. The monoisotopic (exact) mass is 280 g/mol. The van der Waals surface area contributed by atoms with Gasteiger partial charge in [0.1, 0.15) is 0 Å². The third-order valence-corrected chi connectivity index (χ3v) is 4.41. The molecule has 0 spiro atoms. The minimum Gasteiger partial charge on any atom is -0.355 e. The Balaban J connectivity index is 1.82. The lowest BCUT2D eigenvalue weighted by Gasteiger charge is -2.27. The molecule has 0 bridgehead atoms. The fourth-order valence-corrected chi connectivity index (χ4v) is 2.77. The average Bonchev–Trinajstić information content (AvgIpc) is 2.73. The van der Waals surface area contributed by atoms with E-state index in [1.165, 1.54) is 5.56 Å². The maximum absolute atomic E-state index is 12.2. The first-order valence-electron chi connectivity index (χ1n) is 6.81. The van der Waals surface area contributed by atoms with Gasteiger partial charge in [-0.1, -0.05) is 30.2 Å². The second-order valence-electron chi connectivity index (χ2n) is 5.55. The van der Waals surface area contributed by atoms with Crippen molar-refractivity contribution in [3.05, 3.63) is 34.9 Å². The van der Waals surface area contributed by atoms with Crippen molar-refractivity contribution in [2.75, 3.05) is 6.54 Å². The number of nitrogens with one attached hydrogen (secondary N) is 1. The molecule has 3 N–H and O–H groups in total. The Labute approximate surface area is 119 Å². The van der Waals surface area contributed by atoms with E-state index in [0.717, 1.165) is 30.7 Å². The Morgan fingerprint density at radius 1 is 1.47 bits per heavy atom. The summed E-state index contributed by atoms with van der Waals surface area (Å²) < 4.78 is 0. The molecule has 1 fully saturated rings. The van der Waals surface area contributed by atoms with Crippen molar-refractivity contribution in [1.82, 2.24) is 5.32 Å². The van der Waals surface area contributed by atoms with E-state index in [4.69, 9.17) is 17.3 Å². The molecule has 104 valence electrons. The van der Waals surface area contributed by atoms with Crippen molar-refractivity contribution < 1.29 is 4.79 Å². The largest absolute Gasteiger partial charge is 0.355 e. The molecule has 0 saturated heterocycles. The first kappa shape index (κ1) is 14.4. The molecular formula is C15H21ClN2O. The zero-order chi connectivity index (χ0) is 13.9. The predicted octanol–water partition coefficient (Wildman–Crippen LogP) is 2.52. The summed E-state index contributed by atoms with van der Waals surface area (Å²) in [6, 6.07) is 7.69. The normalized spacial score (nSPS) is 26.4. The van der Waals surface area contributed by atoms with Gasteiger partial charge in [0.05, 0.1) is 5.41 Å². The first-order chi connectivity index (χ1) is 9.02. The smallest absolute Gasteiger partial charge is 0.227 e. The summed E-state index contributed by atoms with van der Waals surface area (Å²) in [4.78, 5) is 12.2. The van der Waals surface area contributed by atoms with Crippen molar-refractivity contribution in [3.8, 4) is 0 Å². The third-order valence-electron chi connectivity index (χ3n) is 4.16. The quantitative estimate of drug-likeness (QED) is 0.890. The van der Waals surface area contributed by atoms with Crippen molar-refractivity contribution in [2.45, 2.75) is 38.6 Å². The predicted molar refractivity (Wildman–Crippen MR) is 78.1 cm³/mol. The van der Waals surface area contributed by atoms with Gasteiger partial charge in [-0.05, 0) is 43.9 Å². The summed E-state index contributed by atoms with van der Waals surface area (Å²) in [5.41, 5.74) is 6.82. The highest BCUT2D eigenvalue weighted by molar-refractivity contribution is 6.30. The van der Waals surface area contributed by atoms with Crippen LogP contribution in [0.1, 0.15) is 31.7 Å². The van der Waals surface area contributed by atoms with Crippen LogP contribution in [-0.4, -0.2) is 18.5 Å². The number of nitrogens with two attached hydrogens (primary N) is 1. The van der Waals surface area contributed by atoms with Gasteiger partial charge in [-0.2, -0.15) is 0 Å². The molecule has 1 aliphatic carbocycles. The topological polar surface area (TPSA) is 55.1 Å². The van der Waals surface area contributed by atoms with Gasteiger partial charge in [0, 0.05) is 17.6 Å². The number of carbonyl (C=O) groups excluding carboxylic acids is 1. The van der Waals surface area contributed by atoms with Crippen molar-refractivity contribution in [1.29, 1.82) is 0 Å². The van der Waals surface area contributed by atoms with Crippen molar-refractivity contribution in [2.24, 2.45) is 11.1 Å². The maximum atomic E-state index is 12.2. The standard InChI is InChI=1S/C15H21ClN2O/c1-15(9-2-3-13(15)17)14(19)18-10-8-11-4-6-12(16)7-5-11/h4-7,13H,2-3,8-10,17H2,1H3,(H,18,19). The summed E-state index contributed by atoms with van der Waals surface area (Å²) in [5.74, 6) is 0.0893. The number of halogens is 1. The number of amides is 1. The second-order valence-corrected chi connectivity index (χ2v) is 5.98. The van der Waals surface area contributed by atoms with Crippen LogP contribution in [-0.2, 0) is 11.2 Å². The molecule has 1 aromatic carbocycles. The van der Waals surface area contributed by atoms with E-state index in [0.29, 0.717) is 6.54 Å². The Kier molecular flexibility index (Phi) is 4.48. The summed E-state index contributed by atoms with van der Waals surface area (Å²) >= 11 is 5.83. The van der Waals surface area contributed by atoms with Crippen LogP contribution < -0.4 is 11.1 Å². The molecule has 1 aliphatic rings. The van der Waals surface area contributed by atoms with Crippen molar-refractivity contribution in [3.63, 3.8) is 0 Å². The molecule has 0 heterocycles. The number of carbonyl (C=O) groups is 1. The number of hydrogen-bond donors (Lipinski definition) is 2. The summed E-state index contributed by atoms with van der Waals surface area (Å²) in [7, 11) is 0. The van der Waals surface area contributed by atoms with Gasteiger partial charge in [-0.15, -0.1) is 0 Å². The average molecular weight is 281 g/mol. The molecule has 0 aliphatic heterocycles. The van der Waals surface area contributed by atoms with Gasteiger partial charge in [-0.25, -0.2) is 0 Å². The molecule has 2 unspecified atom stereocenters. The van der Waals surface area contributed by atoms with E-state index in [1.807, 2.05) is 31.2 Å². The minimum absolute atomic E-state index is 0.0111. The Hall–Kier alpha value is -1.06. The fourth-order valence-electron chi connectivity index (χ4n) is 2.65. The van der Waals surface area contributed by atoms with Crippen LogP contribution in [0.25, 0.3) is 0 Å². The van der Waals surface area contributed by atoms with E-state index < -0.39 is 0 Å². The van der Waals surface area contributed by atoms with Crippen LogP contribution in [0, 0.1) is 5.41 Å². The molecule has 0 radical (unpaired) electrons. The fraction of sp³-hybridized carbons (Fsp3) is 0.533. The minimum atomic E-state index is -0.389. The van der Waals surface area contributed by atoms with Crippen LogP contribution in [0.4, 0.5) is 0 Å². The molecule has 3 nitrogen and oxygen atoms in total. The van der Waals surface area contributed by atoms with E-state index in [2.05, 4.69) is 5.32 Å². The van der Waals surface area contributed by atoms with Gasteiger partial charge < -0.3 is 11.1 Å². The first-order valence-corrected chi connectivity index (χ1v) is 7.18. The zero-order valence-electron chi connectivity index (χ0n) is 11.3. The lowest BCUT2D eigenvalue weighted by Crippen LogP contribution is -2.47. The van der Waals surface area contributed by atoms with Gasteiger partial charge in [0.25, 0.3) is 0 Å². The number of benzene rings is 1. The molecule has 1 saturated carbocycles. The number of hydrogen-bond acceptors (Lipinski definition) is 2. The maximum Gasteiger partial charge on any atom is 0.227 e. The van der Waals surface area contributed by atoms with Crippen LogP contribution in [0.15, 0.2) is 24.3 Å². The molecule has 4 heteroatoms. The summed E-state index contributed by atoms with van der Waals surface area (Å²) in [5, 5.41) is 3.74. The molecule has 19 heavy (non-hydrogen) atoms. The third kappa shape index (κ3) is 3.28. The van der Waals surface area contributed by atoms with Crippen LogP contribution >= 0.6 is 11.6 Å². The van der Waals surface area contributed by atoms with Crippen molar-refractivity contribution >= 4 is 17.5 Å². The Morgan fingerprint density at radius 3 is 2.74 bits per heavy atom. The SMILES string of the molecule is CC1(C(=O)NCCc2ccc(Cl)cc2)CCCC1N. The molecule has 2 rings (SSSR count). The molecule has 1 amide bonds. The number of rotatable bonds is 4. The molecule has 2 atom stereocenters. The van der Waals surface area contributed by atoms with Crippen LogP contribution in [0.3, 0.4) is 0 Å². The Morgan fingerprint density at radius 2 is 2.16 bits per heavy atom.